The van der Waals surface area contributed by atoms with E-state index in [0.717, 1.165) is 37.4 Å². The van der Waals surface area contributed by atoms with Crippen molar-refractivity contribution in [2.24, 2.45) is 0 Å². The minimum Gasteiger partial charge on any atom is -0.316 e. The predicted molar refractivity (Wildman–Crippen MR) is 85.4 cm³/mol. The van der Waals surface area contributed by atoms with Gasteiger partial charge in [0.1, 0.15) is 11.0 Å². The van der Waals surface area contributed by atoms with E-state index in [9.17, 15) is 4.79 Å². The number of nitrogens with zero attached hydrogens (tertiary/aromatic N) is 4. The fourth-order valence-electron chi connectivity index (χ4n) is 2.92. The Hall–Kier alpha value is -1.66. The van der Waals surface area contributed by atoms with Gasteiger partial charge in [0.05, 0.1) is 12.2 Å². The van der Waals surface area contributed by atoms with E-state index >= 15 is 0 Å². The van der Waals surface area contributed by atoms with Gasteiger partial charge in [0, 0.05) is 19.0 Å². The third-order valence-corrected chi connectivity index (χ3v) is 4.22. The van der Waals surface area contributed by atoms with E-state index in [1.165, 1.54) is 4.68 Å². The molecule has 2 aromatic heterocycles. The van der Waals surface area contributed by atoms with Gasteiger partial charge in [-0.05, 0) is 38.4 Å². The van der Waals surface area contributed by atoms with Gasteiger partial charge in [-0.3, -0.25) is 4.57 Å². The molecule has 1 aliphatic rings. The molecule has 1 fully saturated rings. The van der Waals surface area contributed by atoms with Crippen molar-refractivity contribution in [1.82, 2.24) is 24.6 Å². The van der Waals surface area contributed by atoms with Crippen LogP contribution in [0.1, 0.15) is 37.2 Å². The lowest BCUT2D eigenvalue weighted by Gasteiger charge is -2.21. The van der Waals surface area contributed by atoms with E-state index < -0.39 is 0 Å². The van der Waals surface area contributed by atoms with Gasteiger partial charge in [0.15, 0.2) is 0 Å². The van der Waals surface area contributed by atoms with Gasteiger partial charge in [-0.15, -0.1) is 0 Å². The highest BCUT2D eigenvalue weighted by Gasteiger charge is 2.23. The quantitative estimate of drug-likeness (QED) is 0.869. The Morgan fingerprint density at radius 3 is 3.00 bits per heavy atom. The second-order valence-electron chi connectivity index (χ2n) is 5.54. The smallest absolute Gasteiger partial charge is 0.316 e. The van der Waals surface area contributed by atoms with Gasteiger partial charge in [-0.2, -0.15) is 5.10 Å². The van der Waals surface area contributed by atoms with Crippen LogP contribution in [-0.2, 0) is 13.1 Å². The number of hydrogen-bond donors (Lipinski definition) is 1. The Balaban J connectivity index is 1.91. The van der Waals surface area contributed by atoms with Gasteiger partial charge in [0.25, 0.3) is 0 Å². The lowest BCUT2D eigenvalue weighted by molar-refractivity contribution is 0.431. The number of nitrogens with one attached hydrogen (secondary N) is 1. The van der Waals surface area contributed by atoms with Crippen molar-refractivity contribution in [2.45, 2.75) is 38.8 Å². The number of piperidine rings is 1. The van der Waals surface area contributed by atoms with Crippen LogP contribution in [0.3, 0.4) is 0 Å². The van der Waals surface area contributed by atoms with Gasteiger partial charge < -0.3 is 5.32 Å². The molecular formula is C15H20ClN5O. The first kappa shape index (κ1) is 15.2. The van der Waals surface area contributed by atoms with E-state index in [1.54, 1.807) is 10.6 Å². The molecule has 22 heavy (non-hydrogen) atoms. The molecule has 2 aromatic rings. The average molecular weight is 322 g/mol. The molecule has 0 aliphatic carbocycles. The fraction of sp³-hybridized carbons (Fsp3) is 0.533. The molecule has 118 valence electrons. The summed E-state index contributed by atoms with van der Waals surface area (Å²) in [6.45, 7) is 4.88. The molecule has 0 radical (unpaired) electrons. The number of rotatable bonds is 4. The highest BCUT2D eigenvalue weighted by Crippen LogP contribution is 2.20. The standard InChI is InChI=1S/C15H20ClN5O/c1-2-20-14(11-5-4-8-17-9-11)19-21(15(20)22)10-12-6-3-7-13(16)18-12/h3,6-7,11,17H,2,4-5,8-10H2,1H3/t11-/m1/s1. The second kappa shape index (κ2) is 6.62. The zero-order chi connectivity index (χ0) is 15.5. The summed E-state index contributed by atoms with van der Waals surface area (Å²) in [5, 5.41) is 8.38. The number of hydrogen-bond acceptors (Lipinski definition) is 4. The zero-order valence-electron chi connectivity index (χ0n) is 12.6. The minimum absolute atomic E-state index is 0.0788. The van der Waals surface area contributed by atoms with Crippen molar-refractivity contribution < 1.29 is 0 Å². The molecule has 3 rings (SSSR count). The van der Waals surface area contributed by atoms with Crippen LogP contribution in [0.25, 0.3) is 0 Å². The minimum atomic E-state index is -0.0788. The molecule has 0 amide bonds. The van der Waals surface area contributed by atoms with Crippen LogP contribution in [0.15, 0.2) is 23.0 Å². The van der Waals surface area contributed by atoms with Crippen molar-refractivity contribution >= 4 is 11.6 Å². The molecule has 1 atom stereocenters. The van der Waals surface area contributed by atoms with Crippen LogP contribution in [0.5, 0.6) is 0 Å². The summed E-state index contributed by atoms with van der Waals surface area (Å²) in [5.41, 5.74) is 0.661. The van der Waals surface area contributed by atoms with Gasteiger partial charge >= 0.3 is 5.69 Å². The highest BCUT2D eigenvalue weighted by molar-refractivity contribution is 6.29. The molecule has 0 bridgehead atoms. The van der Waals surface area contributed by atoms with Crippen molar-refractivity contribution in [2.75, 3.05) is 13.1 Å². The van der Waals surface area contributed by atoms with Crippen LogP contribution in [0.4, 0.5) is 0 Å². The maximum Gasteiger partial charge on any atom is 0.346 e. The molecule has 7 heteroatoms. The SMILES string of the molecule is CCn1c([C@@H]2CCCNC2)nn(Cc2cccc(Cl)n2)c1=O. The van der Waals surface area contributed by atoms with Crippen LogP contribution in [0.2, 0.25) is 5.15 Å². The van der Waals surface area contributed by atoms with Gasteiger partial charge in [0.2, 0.25) is 0 Å². The predicted octanol–water partition coefficient (Wildman–Crippen LogP) is 1.63. The molecule has 0 aromatic carbocycles. The van der Waals surface area contributed by atoms with E-state index in [-0.39, 0.29) is 5.69 Å². The first-order chi connectivity index (χ1) is 10.7. The highest BCUT2D eigenvalue weighted by atomic mass is 35.5. The summed E-state index contributed by atoms with van der Waals surface area (Å²) in [4.78, 5) is 16.8. The molecule has 0 unspecified atom stereocenters. The molecule has 1 aliphatic heterocycles. The Morgan fingerprint density at radius 1 is 1.45 bits per heavy atom. The summed E-state index contributed by atoms with van der Waals surface area (Å²) < 4.78 is 3.26. The van der Waals surface area contributed by atoms with Crippen molar-refractivity contribution in [3.8, 4) is 0 Å². The second-order valence-corrected chi connectivity index (χ2v) is 5.92. The first-order valence-corrected chi connectivity index (χ1v) is 8.06. The third kappa shape index (κ3) is 3.08. The van der Waals surface area contributed by atoms with Gasteiger partial charge in [-0.25, -0.2) is 14.5 Å². The number of aromatic nitrogens is 4. The van der Waals surface area contributed by atoms with Crippen molar-refractivity contribution in [3.05, 3.63) is 45.4 Å². The number of halogens is 1. The molecule has 0 saturated carbocycles. The maximum atomic E-state index is 12.5. The molecule has 1 saturated heterocycles. The van der Waals surface area contributed by atoms with Crippen LogP contribution in [0, 0.1) is 0 Å². The normalized spacial score (nSPS) is 18.5. The fourth-order valence-corrected chi connectivity index (χ4v) is 3.11. The zero-order valence-corrected chi connectivity index (χ0v) is 13.4. The van der Waals surface area contributed by atoms with Gasteiger partial charge in [-0.1, -0.05) is 17.7 Å². The third-order valence-electron chi connectivity index (χ3n) is 4.01. The van der Waals surface area contributed by atoms with E-state index in [0.29, 0.717) is 24.2 Å². The molecule has 0 spiro atoms. The van der Waals surface area contributed by atoms with Crippen molar-refractivity contribution in [3.63, 3.8) is 0 Å². The Morgan fingerprint density at radius 2 is 2.32 bits per heavy atom. The number of pyridine rings is 1. The molecular weight excluding hydrogens is 302 g/mol. The summed E-state index contributed by atoms with van der Waals surface area (Å²) in [5.74, 6) is 1.18. The summed E-state index contributed by atoms with van der Waals surface area (Å²) in [6.07, 6.45) is 2.18. The average Bonchev–Trinajstić information content (AvgIpc) is 2.84. The van der Waals surface area contributed by atoms with E-state index in [4.69, 9.17) is 11.6 Å². The monoisotopic (exact) mass is 321 g/mol. The van der Waals surface area contributed by atoms with Crippen molar-refractivity contribution in [1.29, 1.82) is 0 Å². The topological polar surface area (TPSA) is 64.7 Å². The summed E-state index contributed by atoms with van der Waals surface area (Å²) >= 11 is 5.90. The van der Waals surface area contributed by atoms with E-state index in [2.05, 4.69) is 15.4 Å². The first-order valence-electron chi connectivity index (χ1n) is 7.68. The lowest BCUT2D eigenvalue weighted by Crippen LogP contribution is -2.31. The largest absolute Gasteiger partial charge is 0.346 e. The van der Waals surface area contributed by atoms with Crippen LogP contribution >= 0.6 is 11.6 Å². The van der Waals surface area contributed by atoms with Crippen LogP contribution in [-0.4, -0.2) is 32.4 Å². The van der Waals surface area contributed by atoms with Crippen LogP contribution < -0.4 is 11.0 Å². The molecule has 6 nitrogen and oxygen atoms in total. The van der Waals surface area contributed by atoms with E-state index in [1.807, 2.05) is 19.1 Å². The molecule has 1 N–H and O–H groups in total. The maximum absolute atomic E-state index is 12.5. The Bertz CT molecular complexity index is 702. The lowest BCUT2D eigenvalue weighted by atomic mass is 9.99. The molecule has 3 heterocycles. The Kier molecular flexibility index (Phi) is 4.59. The summed E-state index contributed by atoms with van der Waals surface area (Å²) in [6, 6.07) is 5.40. The summed E-state index contributed by atoms with van der Waals surface area (Å²) in [7, 11) is 0. The Labute approximate surface area is 134 Å².